The van der Waals surface area contributed by atoms with Gasteiger partial charge in [0.15, 0.2) is 0 Å². The molecule has 2 heterocycles. The number of rotatable bonds is 6. The Hall–Kier alpha value is -1.50. The molecule has 0 aliphatic carbocycles. The summed E-state index contributed by atoms with van der Waals surface area (Å²) in [5, 5.41) is 12.7. The third-order valence-electron chi connectivity index (χ3n) is 3.76. The second kappa shape index (κ2) is 6.98. The highest BCUT2D eigenvalue weighted by Crippen LogP contribution is 2.23. The Labute approximate surface area is 127 Å². The van der Waals surface area contributed by atoms with E-state index in [1.165, 1.54) is 0 Å². The average molecular weight is 312 g/mol. The number of hydrogen-bond donors (Lipinski definition) is 1. The van der Waals surface area contributed by atoms with Crippen LogP contribution < -0.4 is 0 Å². The molecule has 0 spiro atoms. The first-order valence-corrected chi connectivity index (χ1v) is 8.12. The van der Waals surface area contributed by atoms with Crippen LogP contribution in [0.4, 0.5) is 0 Å². The zero-order chi connectivity index (χ0) is 15.4. The van der Waals surface area contributed by atoms with Crippen molar-refractivity contribution in [3.63, 3.8) is 0 Å². The van der Waals surface area contributed by atoms with E-state index in [9.17, 15) is 9.59 Å². The fraction of sp³-hybridized carbons (Fsp3) is 0.643. The molecular weight excluding hydrogens is 292 g/mol. The summed E-state index contributed by atoms with van der Waals surface area (Å²) in [5.74, 6) is 1.30. The monoisotopic (exact) mass is 312 g/mol. The first kappa shape index (κ1) is 15.9. The Morgan fingerprint density at radius 3 is 2.86 bits per heavy atom. The first-order valence-electron chi connectivity index (χ1n) is 6.96. The summed E-state index contributed by atoms with van der Waals surface area (Å²) < 4.78 is 5.09. The van der Waals surface area contributed by atoms with Crippen LogP contribution in [0.3, 0.4) is 0 Å². The molecule has 1 unspecified atom stereocenters. The quantitative estimate of drug-likeness (QED) is 0.863. The minimum Gasteiger partial charge on any atom is -0.481 e. The van der Waals surface area contributed by atoms with Crippen LogP contribution in [0.1, 0.15) is 29.9 Å². The van der Waals surface area contributed by atoms with Gasteiger partial charge in [-0.05, 0) is 26.2 Å². The van der Waals surface area contributed by atoms with E-state index in [1.807, 2.05) is 13.8 Å². The number of carboxylic acids is 1. The van der Waals surface area contributed by atoms with E-state index in [-0.39, 0.29) is 18.2 Å². The van der Waals surface area contributed by atoms with Gasteiger partial charge in [0.1, 0.15) is 5.76 Å². The molecule has 1 fully saturated rings. The normalized spacial score (nSPS) is 18.2. The molecule has 1 N–H and O–H groups in total. The van der Waals surface area contributed by atoms with Crippen molar-refractivity contribution >= 4 is 23.6 Å². The van der Waals surface area contributed by atoms with Gasteiger partial charge < -0.3 is 14.5 Å². The second-order valence-electron chi connectivity index (χ2n) is 5.39. The maximum atomic E-state index is 12.1. The summed E-state index contributed by atoms with van der Waals surface area (Å²) >= 11 is 1.54. The maximum Gasteiger partial charge on any atom is 0.303 e. The standard InChI is InChI=1S/C14H20N2O4S/c1-9-12(10(2)20-15-9)7-21-8-13(17)16-4-3-11(6-16)5-14(18)19/h11H,3-8H2,1-2H3,(H,18,19). The molecule has 116 valence electrons. The lowest BCUT2D eigenvalue weighted by atomic mass is 10.1. The zero-order valence-corrected chi connectivity index (χ0v) is 13.1. The Morgan fingerprint density at radius 1 is 1.48 bits per heavy atom. The van der Waals surface area contributed by atoms with Crippen LogP contribution in [0.5, 0.6) is 0 Å². The van der Waals surface area contributed by atoms with Gasteiger partial charge in [-0.3, -0.25) is 9.59 Å². The van der Waals surface area contributed by atoms with Gasteiger partial charge in [-0.25, -0.2) is 0 Å². The molecule has 6 nitrogen and oxygen atoms in total. The number of nitrogens with zero attached hydrogens (tertiary/aromatic N) is 2. The highest BCUT2D eigenvalue weighted by molar-refractivity contribution is 7.99. The number of carboxylic acid groups (broad SMARTS) is 1. The largest absolute Gasteiger partial charge is 0.481 e. The minimum absolute atomic E-state index is 0.0830. The summed E-state index contributed by atoms with van der Waals surface area (Å²) in [7, 11) is 0. The van der Waals surface area contributed by atoms with Gasteiger partial charge in [0.25, 0.3) is 0 Å². The van der Waals surface area contributed by atoms with E-state index in [0.29, 0.717) is 24.6 Å². The number of amides is 1. The molecule has 0 radical (unpaired) electrons. The van der Waals surface area contributed by atoms with Crippen LogP contribution in [0.15, 0.2) is 4.52 Å². The van der Waals surface area contributed by atoms with Crippen molar-refractivity contribution in [3.05, 3.63) is 17.0 Å². The van der Waals surface area contributed by atoms with Crippen molar-refractivity contribution in [1.29, 1.82) is 0 Å². The molecule has 1 aromatic rings. The number of aryl methyl sites for hydroxylation is 2. The molecule has 0 saturated carbocycles. The Bertz CT molecular complexity index is 510. The third kappa shape index (κ3) is 4.23. The first-order chi connectivity index (χ1) is 9.97. The van der Waals surface area contributed by atoms with Gasteiger partial charge in [-0.15, -0.1) is 11.8 Å². The SMILES string of the molecule is Cc1noc(C)c1CSCC(=O)N1CCC(CC(=O)O)C1. The zero-order valence-electron chi connectivity index (χ0n) is 12.3. The van der Waals surface area contributed by atoms with Gasteiger partial charge in [0.2, 0.25) is 5.91 Å². The van der Waals surface area contributed by atoms with Crippen LogP contribution in [0.25, 0.3) is 0 Å². The molecule has 1 amide bonds. The second-order valence-corrected chi connectivity index (χ2v) is 6.37. The maximum absolute atomic E-state index is 12.1. The third-order valence-corrected chi connectivity index (χ3v) is 4.70. The summed E-state index contributed by atoms with van der Waals surface area (Å²) in [6, 6.07) is 0. The number of likely N-dealkylation sites (tertiary alicyclic amines) is 1. The Morgan fingerprint density at radius 2 is 2.24 bits per heavy atom. The smallest absolute Gasteiger partial charge is 0.303 e. The number of aliphatic carboxylic acids is 1. The van der Waals surface area contributed by atoms with Gasteiger partial charge >= 0.3 is 5.97 Å². The Balaban J connectivity index is 1.74. The number of hydrogen-bond acceptors (Lipinski definition) is 5. The van der Waals surface area contributed by atoms with Crippen molar-refractivity contribution in [2.45, 2.75) is 32.4 Å². The molecule has 21 heavy (non-hydrogen) atoms. The van der Waals surface area contributed by atoms with Crippen LogP contribution in [0.2, 0.25) is 0 Å². The van der Waals surface area contributed by atoms with Crippen molar-refractivity contribution < 1.29 is 19.2 Å². The van der Waals surface area contributed by atoms with Crippen LogP contribution in [-0.4, -0.2) is 45.9 Å². The molecule has 1 atom stereocenters. The molecule has 1 aromatic heterocycles. The van der Waals surface area contributed by atoms with Gasteiger partial charge in [-0.2, -0.15) is 0 Å². The topological polar surface area (TPSA) is 83.6 Å². The van der Waals surface area contributed by atoms with Crippen LogP contribution in [0, 0.1) is 19.8 Å². The molecule has 0 bridgehead atoms. The van der Waals surface area contributed by atoms with Gasteiger partial charge in [-0.1, -0.05) is 5.16 Å². The number of aromatic nitrogens is 1. The minimum atomic E-state index is -0.790. The highest BCUT2D eigenvalue weighted by atomic mass is 32.2. The summed E-state index contributed by atoms with van der Waals surface area (Å²) in [5.41, 5.74) is 1.92. The summed E-state index contributed by atoms with van der Waals surface area (Å²) in [6.07, 6.45) is 0.933. The van der Waals surface area contributed by atoms with E-state index < -0.39 is 5.97 Å². The van der Waals surface area contributed by atoms with E-state index in [4.69, 9.17) is 9.63 Å². The predicted octanol–water partition coefficient (Wildman–Crippen LogP) is 1.85. The van der Waals surface area contributed by atoms with Crippen molar-refractivity contribution in [2.24, 2.45) is 5.92 Å². The van der Waals surface area contributed by atoms with E-state index in [0.717, 1.165) is 23.4 Å². The number of carbonyl (C=O) groups is 2. The molecule has 1 aliphatic heterocycles. The molecule has 0 aromatic carbocycles. The average Bonchev–Trinajstić information content (AvgIpc) is 2.99. The molecular formula is C14H20N2O4S. The fourth-order valence-corrected chi connectivity index (χ4v) is 3.59. The summed E-state index contributed by atoms with van der Waals surface area (Å²) in [4.78, 5) is 24.5. The van der Waals surface area contributed by atoms with Crippen molar-refractivity contribution in [3.8, 4) is 0 Å². The molecule has 7 heteroatoms. The predicted molar refractivity (Wildman–Crippen MR) is 79.1 cm³/mol. The lowest BCUT2D eigenvalue weighted by Gasteiger charge is -2.15. The Kier molecular flexibility index (Phi) is 5.27. The molecule has 1 aliphatic rings. The van der Waals surface area contributed by atoms with E-state index in [2.05, 4.69) is 5.16 Å². The molecule has 2 rings (SSSR count). The van der Waals surface area contributed by atoms with Crippen molar-refractivity contribution in [2.75, 3.05) is 18.8 Å². The lowest BCUT2D eigenvalue weighted by molar-refractivity contribution is -0.138. The van der Waals surface area contributed by atoms with Crippen molar-refractivity contribution in [1.82, 2.24) is 10.1 Å². The summed E-state index contributed by atoms with van der Waals surface area (Å²) in [6.45, 7) is 5.00. The van der Waals surface area contributed by atoms with E-state index >= 15 is 0 Å². The lowest BCUT2D eigenvalue weighted by Crippen LogP contribution is -2.30. The fourth-order valence-electron chi connectivity index (χ4n) is 2.51. The van der Waals surface area contributed by atoms with Crippen LogP contribution in [-0.2, 0) is 15.3 Å². The number of thioether (sulfide) groups is 1. The highest BCUT2D eigenvalue weighted by Gasteiger charge is 2.27. The molecule has 1 saturated heterocycles. The van der Waals surface area contributed by atoms with E-state index in [1.54, 1.807) is 16.7 Å². The van der Waals surface area contributed by atoms with Gasteiger partial charge in [0, 0.05) is 30.8 Å². The van der Waals surface area contributed by atoms with Crippen LogP contribution >= 0.6 is 11.8 Å². The van der Waals surface area contributed by atoms with Gasteiger partial charge in [0.05, 0.1) is 11.4 Å². The number of carbonyl (C=O) groups excluding carboxylic acids is 1.